The Morgan fingerprint density at radius 3 is 3.20 bits per heavy atom. The van der Waals surface area contributed by atoms with Gasteiger partial charge in [0.25, 0.3) is 0 Å². The smallest absolute Gasteiger partial charge is 0.215 e. The van der Waals surface area contributed by atoms with Crippen molar-refractivity contribution in [2.75, 3.05) is 5.88 Å². The quantitative estimate of drug-likeness (QED) is 0.536. The van der Waals surface area contributed by atoms with Gasteiger partial charge in [0, 0.05) is 17.5 Å². The van der Waals surface area contributed by atoms with E-state index < -0.39 is 0 Å². The first-order chi connectivity index (χ1) is 6.95. The molecule has 0 aromatic heterocycles. The fourth-order valence-electron chi connectivity index (χ4n) is 1.57. The fraction of sp³-hybridized carbons (Fsp3) is 0.100. The minimum atomic E-state index is 0. The van der Waals surface area contributed by atoms with Gasteiger partial charge in [-0.1, -0.05) is 6.08 Å². The molecule has 76 valence electrons. The van der Waals surface area contributed by atoms with Gasteiger partial charge in [0.05, 0.1) is 0 Å². The van der Waals surface area contributed by atoms with E-state index in [0.717, 1.165) is 16.8 Å². The molecule has 0 spiro atoms. The van der Waals surface area contributed by atoms with Crippen molar-refractivity contribution in [1.82, 2.24) is 0 Å². The molecule has 1 N–H and O–H groups in total. The lowest BCUT2D eigenvalue weighted by molar-refractivity contribution is -0.474. The van der Waals surface area contributed by atoms with Crippen LogP contribution in [0.4, 0.5) is 5.69 Å². The van der Waals surface area contributed by atoms with E-state index in [9.17, 15) is 0 Å². The van der Waals surface area contributed by atoms with E-state index in [0.29, 0.717) is 0 Å². The molecule has 2 heterocycles. The third-order valence-corrected chi connectivity index (χ3v) is 3.22. The van der Waals surface area contributed by atoms with Crippen LogP contribution < -0.4 is 32.5 Å². The van der Waals surface area contributed by atoms with Crippen LogP contribution >= 0.6 is 11.8 Å². The molecule has 5 heteroatoms. The van der Waals surface area contributed by atoms with Gasteiger partial charge >= 0.3 is 0 Å². The summed E-state index contributed by atoms with van der Waals surface area (Å²) in [6.45, 7) is 0. The second-order valence-electron chi connectivity index (χ2n) is 3.07. The monoisotopic (exact) mass is 281 g/mol. The average molecular weight is 282 g/mol. The Bertz CT molecular complexity index is 563. The number of fused-ring (bicyclic) bond motifs is 3. The van der Waals surface area contributed by atoms with Crippen LogP contribution in [0.3, 0.4) is 0 Å². The second-order valence-corrected chi connectivity index (χ2v) is 4.05. The molecule has 0 amide bonds. The van der Waals surface area contributed by atoms with Gasteiger partial charge in [-0.05, 0) is 23.9 Å². The van der Waals surface area contributed by atoms with Crippen molar-refractivity contribution in [3.8, 4) is 0 Å². The number of thioether (sulfide) groups is 1. The highest BCUT2D eigenvalue weighted by molar-refractivity contribution is 7.99. The van der Waals surface area contributed by atoms with Crippen LogP contribution in [-0.2, 0) is 0 Å². The summed E-state index contributed by atoms with van der Waals surface area (Å²) >= 11 is 1.78. The van der Waals surface area contributed by atoms with Gasteiger partial charge in [-0.3, -0.25) is 0 Å². The number of hydrogen-bond acceptors (Lipinski definition) is 3. The molecule has 1 aromatic carbocycles. The summed E-state index contributed by atoms with van der Waals surface area (Å²) in [6, 6.07) is 4.17. The first kappa shape index (κ1) is 10.6. The van der Waals surface area contributed by atoms with Crippen LogP contribution in [-0.4, -0.2) is 5.88 Å². The molecule has 0 aliphatic carbocycles. The summed E-state index contributed by atoms with van der Waals surface area (Å²) in [4.78, 5) is 4.51. The van der Waals surface area contributed by atoms with E-state index in [1.54, 1.807) is 18.0 Å². The van der Waals surface area contributed by atoms with Crippen molar-refractivity contribution < 1.29 is 22.0 Å². The van der Waals surface area contributed by atoms with Crippen molar-refractivity contribution in [1.29, 1.82) is 0 Å². The van der Waals surface area contributed by atoms with E-state index in [-0.39, 0.29) is 17.0 Å². The topological polar surface area (TPSA) is 38.7 Å². The third kappa shape index (κ3) is 1.77. The van der Waals surface area contributed by atoms with E-state index in [1.807, 2.05) is 12.2 Å². The number of nitrogens with one attached hydrogen (secondary N) is 1. The van der Waals surface area contributed by atoms with Gasteiger partial charge < -0.3 is 17.0 Å². The zero-order valence-electron chi connectivity index (χ0n) is 7.77. The summed E-state index contributed by atoms with van der Waals surface area (Å²) < 4.78 is 0. The Hall–Kier alpha value is -0.940. The van der Waals surface area contributed by atoms with Crippen LogP contribution in [0.1, 0.15) is 0 Å². The normalized spacial score (nSPS) is 15.5. The van der Waals surface area contributed by atoms with Crippen molar-refractivity contribution in [3.05, 3.63) is 35.0 Å². The lowest BCUT2D eigenvalue weighted by Crippen LogP contribution is -3.00. The predicted octanol–water partition coefficient (Wildman–Crippen LogP) is -3.15. The van der Waals surface area contributed by atoms with Gasteiger partial charge in [-0.25, -0.2) is 4.99 Å². The molecule has 0 saturated heterocycles. The number of benzene rings is 1. The summed E-state index contributed by atoms with van der Waals surface area (Å²) in [5.41, 5.74) is 0.988. The molecule has 2 aliphatic rings. The number of rotatable bonds is 0. The molecule has 15 heavy (non-hydrogen) atoms. The first-order valence-corrected chi connectivity index (χ1v) is 5.38. The maximum atomic E-state index is 4.20. The minimum Gasteiger partial charge on any atom is -1.00 e. The maximum Gasteiger partial charge on any atom is 0.215 e. The predicted molar refractivity (Wildman–Crippen MR) is 54.6 cm³/mol. The van der Waals surface area contributed by atoms with Crippen LogP contribution in [0.5, 0.6) is 0 Å². The molecule has 0 fully saturated rings. The Morgan fingerprint density at radius 2 is 2.27 bits per heavy atom. The van der Waals surface area contributed by atoms with Crippen molar-refractivity contribution in [2.45, 2.75) is 4.90 Å². The maximum absolute atomic E-state index is 4.20. The number of hydrogen-bond donors (Lipinski definition) is 1. The van der Waals surface area contributed by atoms with Gasteiger partial charge in [0.15, 0.2) is 5.88 Å². The van der Waals surface area contributed by atoms with Crippen LogP contribution in [0, 0.1) is 0 Å². The number of nitrogens with zero attached hydrogens (tertiary/aromatic N) is 2. The largest absolute Gasteiger partial charge is 1.00 e. The van der Waals surface area contributed by atoms with E-state index in [1.165, 1.54) is 10.3 Å². The number of azo groups is 1. The molecule has 0 unspecified atom stereocenters. The molecule has 0 saturated carbocycles. The third-order valence-electron chi connectivity index (χ3n) is 2.23. The molecule has 0 radical (unpaired) electrons. The molecular weight excluding hydrogens is 274 g/mol. The van der Waals surface area contributed by atoms with Gasteiger partial charge in [0.2, 0.25) is 5.36 Å². The number of allylic oxidation sites excluding steroid dienone is 1. The Balaban J connectivity index is 0.000000853. The summed E-state index contributed by atoms with van der Waals surface area (Å²) in [6.07, 6.45) is 5.66. The average Bonchev–Trinajstić information content (AvgIpc) is 2.55. The standard InChI is InChI=1S/C10H7N3S.BrH/c1-2-7-3-4-8-10(14-6-11-8)9(7)13-12-5-1;/h1-5H,6H2;1H. The zero-order chi connectivity index (χ0) is 9.38. The molecule has 3 rings (SSSR count). The molecule has 0 atom stereocenters. The van der Waals surface area contributed by atoms with Gasteiger partial charge in [-0.15, -0.1) is 5.11 Å². The SMILES string of the molecule is C1=CN=Nc2c3c(ccc2=C1)=[NH+]CS3.[Br-]. The summed E-state index contributed by atoms with van der Waals surface area (Å²) in [5, 5.41) is 10.5. The van der Waals surface area contributed by atoms with Crippen molar-refractivity contribution in [3.63, 3.8) is 0 Å². The highest BCUT2D eigenvalue weighted by atomic mass is 79.9. The van der Waals surface area contributed by atoms with Crippen molar-refractivity contribution in [2.24, 2.45) is 10.2 Å². The second kappa shape index (κ2) is 4.28. The molecule has 2 aliphatic heterocycles. The molecular formula is C10H8BrN3S. The van der Waals surface area contributed by atoms with E-state index in [2.05, 4.69) is 27.4 Å². The number of halogens is 1. The lowest BCUT2D eigenvalue weighted by atomic mass is 10.2. The van der Waals surface area contributed by atoms with Crippen LogP contribution in [0.15, 0.2) is 39.5 Å². The van der Waals surface area contributed by atoms with Crippen molar-refractivity contribution >= 4 is 23.5 Å². The fourth-order valence-corrected chi connectivity index (χ4v) is 2.53. The van der Waals surface area contributed by atoms with E-state index >= 15 is 0 Å². The minimum absolute atomic E-state index is 0. The lowest BCUT2D eigenvalue weighted by Gasteiger charge is -1.94. The van der Waals surface area contributed by atoms with Gasteiger partial charge in [0.1, 0.15) is 10.6 Å². The van der Waals surface area contributed by atoms with Crippen LogP contribution in [0.25, 0.3) is 6.08 Å². The Labute approximate surface area is 101 Å². The highest BCUT2D eigenvalue weighted by Crippen LogP contribution is 2.23. The zero-order valence-corrected chi connectivity index (χ0v) is 10.2. The first-order valence-electron chi connectivity index (χ1n) is 4.39. The van der Waals surface area contributed by atoms with E-state index in [4.69, 9.17) is 0 Å². The van der Waals surface area contributed by atoms with Gasteiger partial charge in [-0.2, -0.15) is 5.11 Å². The highest BCUT2D eigenvalue weighted by Gasteiger charge is 2.16. The Kier molecular flexibility index (Phi) is 3.02. The Morgan fingerprint density at radius 1 is 1.33 bits per heavy atom. The molecule has 3 nitrogen and oxygen atoms in total. The summed E-state index contributed by atoms with van der Waals surface area (Å²) in [5.74, 6) is 0.925. The molecule has 0 bridgehead atoms. The summed E-state index contributed by atoms with van der Waals surface area (Å²) in [7, 11) is 0. The molecule has 1 aromatic rings. The van der Waals surface area contributed by atoms with Crippen LogP contribution in [0.2, 0.25) is 0 Å².